The molecular weight excluding hydrogens is 478 g/mol. The number of hydrogen-bond donors (Lipinski definition) is 0. The number of hydrogen-bond acceptors (Lipinski definition) is 3. The van der Waals surface area contributed by atoms with Crippen molar-refractivity contribution in [2.75, 3.05) is 4.90 Å². The molecule has 0 aliphatic carbocycles. The number of aromatic nitrogens is 2. The molecule has 0 atom stereocenters. The Kier molecular flexibility index (Phi) is 5.45. The molecule has 1 aliphatic heterocycles. The normalized spacial score (nSPS) is 13.4. The number of benzene rings is 5. The van der Waals surface area contributed by atoms with Crippen molar-refractivity contribution < 1.29 is 0 Å². The van der Waals surface area contributed by atoms with E-state index in [0.29, 0.717) is 0 Å². The Morgan fingerprint density at radius 3 is 1.42 bits per heavy atom. The van der Waals surface area contributed by atoms with E-state index in [0.717, 1.165) is 17.1 Å². The molecule has 0 bridgehead atoms. The van der Waals surface area contributed by atoms with E-state index in [-0.39, 0.29) is 0 Å². The SMILES string of the molecule is c1ccc([Si]2(c3ccccc3)c3ccccc3N(c3ccccc3-c3ncccn3)c3ccccc32)cc1. The second-order valence-corrected chi connectivity index (χ2v) is 13.2. The summed E-state index contributed by atoms with van der Waals surface area (Å²) >= 11 is 0. The molecule has 7 rings (SSSR count). The van der Waals surface area contributed by atoms with Crippen molar-refractivity contribution in [1.82, 2.24) is 9.97 Å². The Bertz CT molecular complexity index is 1630. The maximum Gasteiger partial charge on any atom is 0.184 e. The highest BCUT2D eigenvalue weighted by molar-refractivity contribution is 7.21. The lowest BCUT2D eigenvalue weighted by Gasteiger charge is -2.45. The average molecular weight is 504 g/mol. The van der Waals surface area contributed by atoms with Crippen molar-refractivity contribution in [3.63, 3.8) is 0 Å². The predicted octanol–water partition coefficient (Wildman–Crippen LogP) is 5.30. The molecule has 0 amide bonds. The number of rotatable bonds is 4. The van der Waals surface area contributed by atoms with Crippen LogP contribution in [0.5, 0.6) is 0 Å². The quantitative estimate of drug-likeness (QED) is 0.305. The molecule has 4 heteroatoms. The molecule has 2 heterocycles. The van der Waals surface area contributed by atoms with Gasteiger partial charge in [0.15, 0.2) is 13.9 Å². The first-order valence-electron chi connectivity index (χ1n) is 12.9. The van der Waals surface area contributed by atoms with Gasteiger partial charge in [-0.3, -0.25) is 0 Å². The topological polar surface area (TPSA) is 29.0 Å². The summed E-state index contributed by atoms with van der Waals surface area (Å²) in [7, 11) is -2.62. The molecule has 0 radical (unpaired) electrons. The summed E-state index contributed by atoms with van der Waals surface area (Å²) in [5.41, 5.74) is 4.48. The van der Waals surface area contributed by atoms with Crippen molar-refractivity contribution in [3.05, 3.63) is 152 Å². The smallest absolute Gasteiger partial charge is 0.184 e. The van der Waals surface area contributed by atoms with Gasteiger partial charge in [-0.2, -0.15) is 0 Å². The first kappa shape index (κ1) is 22.4. The Morgan fingerprint density at radius 2 is 0.868 bits per heavy atom. The number of fused-ring (bicyclic) bond motifs is 2. The second kappa shape index (κ2) is 9.25. The van der Waals surface area contributed by atoms with Crippen molar-refractivity contribution in [2.24, 2.45) is 0 Å². The van der Waals surface area contributed by atoms with Gasteiger partial charge < -0.3 is 4.90 Å². The van der Waals surface area contributed by atoms with Crippen molar-refractivity contribution in [2.45, 2.75) is 0 Å². The van der Waals surface area contributed by atoms with Crippen LogP contribution in [0.25, 0.3) is 11.4 Å². The lowest BCUT2D eigenvalue weighted by atomic mass is 10.1. The van der Waals surface area contributed by atoms with Gasteiger partial charge in [0.25, 0.3) is 0 Å². The van der Waals surface area contributed by atoms with E-state index in [9.17, 15) is 0 Å². The van der Waals surface area contributed by atoms with Crippen LogP contribution in [0, 0.1) is 0 Å². The third-order valence-electron chi connectivity index (χ3n) is 7.46. The Balaban J connectivity index is 1.60. The van der Waals surface area contributed by atoms with E-state index < -0.39 is 8.07 Å². The van der Waals surface area contributed by atoms with Crippen LogP contribution < -0.4 is 25.6 Å². The van der Waals surface area contributed by atoms with Crippen molar-refractivity contribution >= 4 is 45.9 Å². The summed E-state index contributed by atoms with van der Waals surface area (Å²) in [4.78, 5) is 11.6. The molecule has 0 N–H and O–H groups in total. The molecule has 5 aromatic carbocycles. The van der Waals surface area contributed by atoms with Gasteiger partial charge in [-0.15, -0.1) is 0 Å². The van der Waals surface area contributed by atoms with Gasteiger partial charge in [-0.05, 0) is 51.1 Å². The summed E-state index contributed by atoms with van der Waals surface area (Å²) in [6, 6.07) is 50.4. The van der Waals surface area contributed by atoms with Crippen molar-refractivity contribution in [3.8, 4) is 11.4 Å². The third kappa shape index (κ3) is 3.35. The molecule has 0 saturated carbocycles. The molecule has 0 saturated heterocycles. The third-order valence-corrected chi connectivity index (χ3v) is 12.3. The first-order chi connectivity index (χ1) is 18.9. The minimum Gasteiger partial charge on any atom is -0.310 e. The van der Waals surface area contributed by atoms with Crippen LogP contribution in [0.4, 0.5) is 17.1 Å². The highest BCUT2D eigenvalue weighted by atomic mass is 28.3. The van der Waals surface area contributed by atoms with Gasteiger partial charge in [0, 0.05) is 29.3 Å². The summed E-state index contributed by atoms with van der Waals surface area (Å²) in [5.74, 6) is 0.721. The van der Waals surface area contributed by atoms with Crippen LogP contribution in [0.15, 0.2) is 152 Å². The standard InChI is InChI=1S/C34H25N3Si/c1-3-14-26(15-4-1)38(27-16-5-2-6-17-27)32-22-11-9-20-30(32)37(31-21-10-12-23-33(31)38)29-19-8-7-18-28(29)34-35-24-13-25-36-34/h1-25H. The minimum atomic E-state index is -2.62. The lowest BCUT2D eigenvalue weighted by molar-refractivity contribution is 1.17. The molecule has 180 valence electrons. The van der Waals surface area contributed by atoms with Gasteiger partial charge in [-0.1, -0.05) is 109 Å². The fourth-order valence-corrected chi connectivity index (χ4v) is 11.1. The molecule has 0 fully saturated rings. The van der Waals surface area contributed by atoms with Gasteiger partial charge in [0.2, 0.25) is 0 Å². The maximum atomic E-state index is 4.61. The van der Waals surface area contributed by atoms with E-state index in [1.54, 1.807) is 12.4 Å². The zero-order valence-electron chi connectivity index (χ0n) is 20.8. The van der Waals surface area contributed by atoms with E-state index in [4.69, 9.17) is 0 Å². The monoisotopic (exact) mass is 503 g/mol. The van der Waals surface area contributed by atoms with Gasteiger partial charge in [0.1, 0.15) is 0 Å². The summed E-state index contributed by atoms with van der Waals surface area (Å²) in [6.07, 6.45) is 3.61. The van der Waals surface area contributed by atoms with E-state index in [1.807, 2.05) is 6.07 Å². The molecule has 1 aromatic heterocycles. The molecule has 1 aliphatic rings. The van der Waals surface area contributed by atoms with Crippen LogP contribution >= 0.6 is 0 Å². The Morgan fingerprint density at radius 1 is 0.421 bits per heavy atom. The van der Waals surface area contributed by atoms with Crippen LogP contribution in [-0.4, -0.2) is 18.0 Å². The highest BCUT2D eigenvalue weighted by Gasteiger charge is 2.48. The Hall–Kier alpha value is -4.80. The van der Waals surface area contributed by atoms with Gasteiger partial charge in [0.05, 0.1) is 5.69 Å². The average Bonchev–Trinajstić information content (AvgIpc) is 3.01. The molecular formula is C34H25N3Si. The highest BCUT2D eigenvalue weighted by Crippen LogP contribution is 2.41. The number of anilines is 3. The first-order valence-corrected chi connectivity index (χ1v) is 14.9. The van der Waals surface area contributed by atoms with E-state index in [2.05, 4.69) is 148 Å². The van der Waals surface area contributed by atoms with Crippen LogP contribution in [0.2, 0.25) is 0 Å². The largest absolute Gasteiger partial charge is 0.310 e. The van der Waals surface area contributed by atoms with Gasteiger partial charge in [-0.25, -0.2) is 9.97 Å². The molecule has 3 nitrogen and oxygen atoms in total. The maximum absolute atomic E-state index is 4.61. The fraction of sp³-hybridized carbons (Fsp3) is 0. The number of para-hydroxylation sites is 3. The van der Waals surface area contributed by atoms with Crippen LogP contribution in [-0.2, 0) is 0 Å². The fourth-order valence-electron chi connectivity index (χ4n) is 5.97. The lowest BCUT2D eigenvalue weighted by Crippen LogP contribution is -2.77. The zero-order chi connectivity index (χ0) is 25.4. The molecule has 0 unspecified atom stereocenters. The summed E-state index contributed by atoms with van der Waals surface area (Å²) in [5, 5.41) is 5.51. The van der Waals surface area contributed by atoms with Crippen molar-refractivity contribution in [1.29, 1.82) is 0 Å². The van der Waals surface area contributed by atoms with E-state index in [1.165, 1.54) is 32.1 Å². The summed E-state index contributed by atoms with van der Waals surface area (Å²) in [6.45, 7) is 0. The molecule has 0 spiro atoms. The Labute approximate surface area is 223 Å². The second-order valence-electron chi connectivity index (χ2n) is 9.44. The molecule has 38 heavy (non-hydrogen) atoms. The zero-order valence-corrected chi connectivity index (χ0v) is 21.8. The van der Waals surface area contributed by atoms with Gasteiger partial charge >= 0.3 is 0 Å². The number of nitrogens with zero attached hydrogens (tertiary/aromatic N) is 3. The summed E-state index contributed by atoms with van der Waals surface area (Å²) < 4.78 is 0. The van der Waals surface area contributed by atoms with Crippen LogP contribution in [0.3, 0.4) is 0 Å². The van der Waals surface area contributed by atoms with E-state index >= 15 is 0 Å². The predicted molar refractivity (Wildman–Crippen MR) is 159 cm³/mol. The molecule has 6 aromatic rings. The minimum absolute atomic E-state index is 0.721. The van der Waals surface area contributed by atoms with Crippen LogP contribution in [0.1, 0.15) is 0 Å².